The van der Waals surface area contributed by atoms with Gasteiger partial charge in [0.2, 0.25) is 0 Å². The van der Waals surface area contributed by atoms with E-state index in [4.69, 9.17) is 0 Å². The molecule has 0 amide bonds. The molecular weight excluding hydrogens is 1110 g/mol. The van der Waals surface area contributed by atoms with Crippen LogP contribution in [-0.4, -0.2) is 0 Å². The molecule has 0 bridgehead atoms. The molecule has 0 atom stereocenters. The number of hydrogen-bond donors (Lipinski definition) is 0. The van der Waals surface area contributed by atoms with Gasteiger partial charge in [-0.25, -0.2) is 0 Å². The molecule has 12 aromatic carbocycles. The van der Waals surface area contributed by atoms with Crippen LogP contribution in [0.4, 0.5) is 68.2 Å². The smallest absolute Gasteiger partial charge is 0.0561 e. The van der Waals surface area contributed by atoms with Crippen molar-refractivity contribution in [3.63, 3.8) is 0 Å². The largest absolute Gasteiger partial charge is 0.309 e. The van der Waals surface area contributed by atoms with Gasteiger partial charge in [0.1, 0.15) is 0 Å². The van der Waals surface area contributed by atoms with E-state index in [0.717, 1.165) is 45.5 Å². The predicted octanol–water partition coefficient (Wildman–Crippen LogP) is 25.9. The van der Waals surface area contributed by atoms with Crippen molar-refractivity contribution in [3.05, 3.63) is 267 Å². The van der Waals surface area contributed by atoms with Gasteiger partial charge in [0.25, 0.3) is 0 Å². The fourth-order valence-electron chi connectivity index (χ4n) is 15.3. The van der Waals surface area contributed by atoms with Crippen molar-refractivity contribution in [2.24, 2.45) is 0 Å². The Labute approximate surface area is 550 Å². The second kappa shape index (κ2) is 23.5. The molecule has 0 N–H and O–H groups in total. The minimum Gasteiger partial charge on any atom is -0.309 e. The molecule has 0 aliphatic carbocycles. The summed E-state index contributed by atoms with van der Waals surface area (Å²) in [6.07, 6.45) is 0. The van der Waals surface area contributed by atoms with Crippen LogP contribution in [-0.2, 0) is 0 Å². The minimum atomic E-state index is 1.12. The lowest BCUT2D eigenvalue weighted by molar-refractivity contribution is 1.13. The first-order valence-electron chi connectivity index (χ1n) is 33.2. The zero-order valence-electron chi connectivity index (χ0n) is 59.5. The monoisotopic (exact) mass is 1210 g/mol. The maximum Gasteiger partial charge on any atom is 0.0561 e. The van der Waals surface area contributed by atoms with E-state index in [2.05, 4.69) is 319 Å². The van der Waals surface area contributed by atoms with E-state index in [0.29, 0.717) is 0 Å². The first kappa shape index (κ1) is 63.0. The summed E-state index contributed by atoms with van der Waals surface area (Å²) in [5.41, 5.74) is 44.9. The molecule has 0 aromatic heterocycles. The van der Waals surface area contributed by atoms with E-state index < -0.39 is 0 Å². The number of aryl methyl sites for hydroxylation is 4. The SMILES string of the molecule is Cc1ccc(N(c2c(C)c(C)c(C)c(C)c2C)c2cc(N(c3ccc(C)cc3)c3c(C)c(C)c(C)c(C)c3C)c3ccc4c(N(c5ccc(C)cc5)c5c(C)c(C)c(C)c(C)c5C)cc(N(c5ccc(C)cc5)c5c(C)c(C)c(C)c(C)c5C)c5ccc2c3c54)cc1. The average Bonchev–Trinajstić information content (AvgIpc) is 0.698. The van der Waals surface area contributed by atoms with Gasteiger partial charge >= 0.3 is 0 Å². The summed E-state index contributed by atoms with van der Waals surface area (Å²) < 4.78 is 0. The molecule has 0 saturated heterocycles. The Hall–Kier alpha value is -9.12. The van der Waals surface area contributed by atoms with Gasteiger partial charge in [0.05, 0.1) is 45.5 Å². The van der Waals surface area contributed by atoms with Gasteiger partial charge in [-0.05, 0) is 338 Å². The summed E-state index contributed by atoms with van der Waals surface area (Å²) in [4.78, 5) is 10.5. The van der Waals surface area contributed by atoms with Crippen molar-refractivity contribution in [3.8, 4) is 0 Å². The highest BCUT2D eigenvalue weighted by Crippen LogP contribution is 2.58. The topological polar surface area (TPSA) is 13.0 Å². The molecule has 12 aromatic rings. The van der Waals surface area contributed by atoms with Crippen LogP contribution >= 0.6 is 0 Å². The second-order valence-corrected chi connectivity index (χ2v) is 27.5. The van der Waals surface area contributed by atoms with Gasteiger partial charge in [-0.15, -0.1) is 0 Å². The lowest BCUT2D eigenvalue weighted by Crippen LogP contribution is -2.19. The van der Waals surface area contributed by atoms with Crippen LogP contribution in [0.15, 0.2) is 133 Å². The number of rotatable bonds is 12. The van der Waals surface area contributed by atoms with Crippen LogP contribution in [0.25, 0.3) is 32.3 Å². The third kappa shape index (κ3) is 9.85. The van der Waals surface area contributed by atoms with Crippen molar-refractivity contribution in [1.82, 2.24) is 0 Å². The number of nitrogens with zero attached hydrogens (tertiary/aromatic N) is 4. The zero-order chi connectivity index (χ0) is 66.1. The zero-order valence-corrected chi connectivity index (χ0v) is 59.5. The van der Waals surface area contributed by atoms with Crippen LogP contribution in [0, 0.1) is 166 Å². The van der Waals surface area contributed by atoms with Crippen LogP contribution in [0.2, 0.25) is 0 Å². The van der Waals surface area contributed by atoms with Gasteiger partial charge in [-0.3, -0.25) is 0 Å². The molecule has 4 heteroatoms. The van der Waals surface area contributed by atoms with E-state index >= 15 is 0 Å². The maximum absolute atomic E-state index is 2.63. The van der Waals surface area contributed by atoms with Gasteiger partial charge in [0.15, 0.2) is 0 Å². The Balaban J connectivity index is 1.39. The fourth-order valence-corrected chi connectivity index (χ4v) is 15.3. The van der Waals surface area contributed by atoms with E-state index in [-0.39, 0.29) is 0 Å². The summed E-state index contributed by atoms with van der Waals surface area (Å²) in [6, 6.07) is 52.1. The first-order valence-corrected chi connectivity index (χ1v) is 33.2. The number of benzene rings is 12. The molecule has 0 fully saturated rings. The third-order valence-corrected chi connectivity index (χ3v) is 22.7. The van der Waals surface area contributed by atoms with Crippen LogP contribution < -0.4 is 19.6 Å². The maximum atomic E-state index is 2.63. The van der Waals surface area contributed by atoms with Crippen LogP contribution in [0.3, 0.4) is 0 Å². The molecule has 466 valence electrons. The number of anilines is 12. The van der Waals surface area contributed by atoms with E-state index in [1.54, 1.807) is 0 Å². The molecule has 4 nitrogen and oxygen atoms in total. The Morgan fingerprint density at radius 2 is 0.304 bits per heavy atom. The lowest BCUT2D eigenvalue weighted by Gasteiger charge is -2.37. The van der Waals surface area contributed by atoms with Crippen molar-refractivity contribution in [2.45, 2.75) is 166 Å². The van der Waals surface area contributed by atoms with E-state index in [1.165, 1.54) is 189 Å². The molecule has 0 unspecified atom stereocenters. The van der Waals surface area contributed by atoms with E-state index in [1.807, 2.05) is 0 Å². The van der Waals surface area contributed by atoms with Gasteiger partial charge in [0, 0.05) is 55.1 Å². The van der Waals surface area contributed by atoms with Crippen molar-refractivity contribution in [1.29, 1.82) is 0 Å². The quantitative estimate of drug-likeness (QED) is 0.113. The summed E-state index contributed by atoms with van der Waals surface area (Å²) in [7, 11) is 0. The third-order valence-electron chi connectivity index (χ3n) is 22.7. The highest BCUT2D eigenvalue weighted by atomic mass is 15.2. The van der Waals surface area contributed by atoms with Crippen LogP contribution in [0.5, 0.6) is 0 Å². The van der Waals surface area contributed by atoms with Crippen molar-refractivity contribution in [2.75, 3.05) is 19.6 Å². The summed E-state index contributed by atoms with van der Waals surface area (Å²) in [5, 5.41) is 7.17. The minimum absolute atomic E-state index is 1.12. The standard InChI is InChI=1S/C88H94N4/c1-47-25-33-71(34-26-47)89(85-63(17)55(9)51(5)56(10)64(85)18)79-45-80(90(72-35-27-48(2)28-36-72)86-65(19)57(11)52(6)58(12)66(86)20)76-43-44-78-82(92(74-39-31-50(4)32-40-74)88-69(23)61(15)54(8)62(16)70(88)24)46-81(77-42-41-75(79)83(76)84(77)78)91(73-37-29-49(3)30-38-73)87-67(21)59(13)53(7)60(14)68(87)22/h25-46H,1-24H3. The molecule has 0 heterocycles. The second-order valence-electron chi connectivity index (χ2n) is 27.5. The Bertz CT molecular complexity index is 4240. The molecule has 0 aliphatic heterocycles. The Morgan fingerprint density at radius 3 is 0.457 bits per heavy atom. The molecule has 92 heavy (non-hydrogen) atoms. The lowest BCUT2D eigenvalue weighted by atomic mass is 9.86. The van der Waals surface area contributed by atoms with E-state index in [9.17, 15) is 0 Å². The average molecular weight is 1210 g/mol. The molecule has 0 radical (unpaired) electrons. The van der Waals surface area contributed by atoms with Gasteiger partial charge < -0.3 is 19.6 Å². The molecule has 0 aliphatic rings. The Kier molecular flexibility index (Phi) is 16.1. The normalized spacial score (nSPS) is 11.7. The number of hydrogen-bond acceptors (Lipinski definition) is 4. The van der Waals surface area contributed by atoms with Crippen molar-refractivity contribution >= 4 is 101 Å². The van der Waals surface area contributed by atoms with Gasteiger partial charge in [-0.1, -0.05) is 95.1 Å². The molecule has 0 spiro atoms. The predicted molar refractivity (Wildman–Crippen MR) is 403 cm³/mol. The van der Waals surface area contributed by atoms with Crippen molar-refractivity contribution < 1.29 is 0 Å². The summed E-state index contributed by atoms with van der Waals surface area (Å²) in [6.45, 7) is 55.3. The molecule has 12 rings (SSSR count). The Morgan fingerprint density at radius 1 is 0.163 bits per heavy atom. The molecule has 0 saturated carbocycles. The highest BCUT2D eigenvalue weighted by molar-refractivity contribution is 6.33. The fraction of sp³-hybridized carbons (Fsp3) is 0.273. The van der Waals surface area contributed by atoms with Gasteiger partial charge in [-0.2, -0.15) is 0 Å². The molecular formula is C88H94N4. The summed E-state index contributed by atoms with van der Waals surface area (Å²) >= 11 is 0. The van der Waals surface area contributed by atoms with Crippen LogP contribution in [0.1, 0.15) is 134 Å². The first-order chi connectivity index (χ1) is 43.7. The summed E-state index contributed by atoms with van der Waals surface area (Å²) in [5.74, 6) is 0. The highest BCUT2D eigenvalue weighted by Gasteiger charge is 2.34.